The molecule has 7 aromatic rings. The lowest BCUT2D eigenvalue weighted by molar-refractivity contribution is 0.436. The number of nitrogens with zero attached hydrogens (tertiary/aromatic N) is 1. The lowest BCUT2D eigenvalue weighted by Crippen LogP contribution is -2.32. The summed E-state index contributed by atoms with van der Waals surface area (Å²) in [6, 6.07) is 48.1. The van der Waals surface area contributed by atoms with Crippen molar-refractivity contribution in [2.75, 3.05) is 0 Å². The van der Waals surface area contributed by atoms with Crippen molar-refractivity contribution in [2.24, 2.45) is 0 Å². The zero-order valence-corrected chi connectivity index (χ0v) is 21.6. The number of rotatable bonds is 1. The van der Waals surface area contributed by atoms with E-state index in [4.69, 9.17) is 9.72 Å². The maximum Gasteiger partial charge on any atom is 0.132 e. The number of pyridine rings is 1. The van der Waals surface area contributed by atoms with E-state index in [-0.39, 0.29) is 0 Å². The molecular weight excluding hydrogens is 486 g/mol. The molecule has 9 rings (SSSR count). The van der Waals surface area contributed by atoms with E-state index in [0.717, 1.165) is 17.0 Å². The van der Waals surface area contributed by atoms with Crippen LogP contribution in [0.4, 0.5) is 0 Å². The summed E-state index contributed by atoms with van der Waals surface area (Å²) in [7, 11) is 0. The maximum atomic E-state index is 6.53. The summed E-state index contributed by atoms with van der Waals surface area (Å²) in [4.78, 5) is 4.72. The minimum Gasteiger partial charge on any atom is -0.457 e. The maximum absolute atomic E-state index is 6.53. The summed E-state index contributed by atoms with van der Waals surface area (Å²) in [5, 5.41) is 3.68. The minimum atomic E-state index is -0.507. The van der Waals surface area contributed by atoms with E-state index < -0.39 is 5.41 Å². The molecule has 2 aliphatic rings. The number of aromatic nitrogens is 1. The second-order valence-electron chi connectivity index (χ2n) is 10.7. The van der Waals surface area contributed by atoms with Gasteiger partial charge in [0.1, 0.15) is 11.5 Å². The van der Waals surface area contributed by atoms with Crippen LogP contribution in [0.15, 0.2) is 140 Å². The van der Waals surface area contributed by atoms with Gasteiger partial charge >= 0.3 is 0 Å². The van der Waals surface area contributed by atoms with Gasteiger partial charge in [-0.2, -0.15) is 0 Å². The van der Waals surface area contributed by atoms with Gasteiger partial charge in [-0.05, 0) is 80.6 Å². The van der Waals surface area contributed by atoms with Crippen LogP contribution < -0.4 is 4.74 Å². The number of hydrogen-bond donors (Lipinski definition) is 0. The minimum absolute atomic E-state index is 0.507. The molecule has 1 spiro atoms. The average molecular weight is 510 g/mol. The van der Waals surface area contributed by atoms with Crippen molar-refractivity contribution < 1.29 is 4.74 Å². The third kappa shape index (κ3) is 2.75. The molecule has 186 valence electrons. The molecule has 0 fully saturated rings. The zero-order chi connectivity index (χ0) is 26.3. The zero-order valence-electron chi connectivity index (χ0n) is 21.6. The molecule has 2 heterocycles. The molecule has 40 heavy (non-hydrogen) atoms. The quantitative estimate of drug-likeness (QED) is 0.220. The van der Waals surface area contributed by atoms with Gasteiger partial charge in [0.15, 0.2) is 0 Å². The van der Waals surface area contributed by atoms with E-state index >= 15 is 0 Å². The second-order valence-corrected chi connectivity index (χ2v) is 10.7. The molecule has 0 atom stereocenters. The third-order valence-corrected chi connectivity index (χ3v) is 8.77. The Balaban J connectivity index is 1.43. The monoisotopic (exact) mass is 509 g/mol. The van der Waals surface area contributed by atoms with E-state index in [1.54, 1.807) is 0 Å². The molecule has 0 saturated heterocycles. The van der Waals surface area contributed by atoms with Crippen LogP contribution in [0.25, 0.3) is 43.9 Å². The van der Waals surface area contributed by atoms with E-state index in [9.17, 15) is 0 Å². The number of hydrogen-bond acceptors (Lipinski definition) is 2. The molecule has 1 aromatic heterocycles. The smallest absolute Gasteiger partial charge is 0.132 e. The van der Waals surface area contributed by atoms with Gasteiger partial charge in [0.2, 0.25) is 0 Å². The van der Waals surface area contributed by atoms with Gasteiger partial charge in [-0.3, -0.25) is 4.98 Å². The molecule has 6 aromatic carbocycles. The van der Waals surface area contributed by atoms with Crippen molar-refractivity contribution >= 4 is 21.7 Å². The highest BCUT2D eigenvalue weighted by molar-refractivity contribution is 6.04. The fourth-order valence-electron chi connectivity index (χ4n) is 7.10. The van der Waals surface area contributed by atoms with Gasteiger partial charge in [-0.1, -0.05) is 97.1 Å². The number of para-hydroxylation sites is 2. The van der Waals surface area contributed by atoms with Gasteiger partial charge in [-0.15, -0.1) is 0 Å². The van der Waals surface area contributed by atoms with Crippen LogP contribution in [0.3, 0.4) is 0 Å². The summed E-state index contributed by atoms with van der Waals surface area (Å²) in [5.41, 5.74) is 10.4. The third-order valence-electron chi connectivity index (χ3n) is 8.77. The fraction of sp³-hybridized carbons (Fsp3) is 0.0263. The predicted molar refractivity (Wildman–Crippen MR) is 162 cm³/mol. The Morgan fingerprint density at radius 1 is 0.500 bits per heavy atom. The fourth-order valence-corrected chi connectivity index (χ4v) is 7.10. The van der Waals surface area contributed by atoms with Crippen molar-refractivity contribution in [1.29, 1.82) is 0 Å². The lowest BCUT2D eigenvalue weighted by Gasteiger charge is -2.39. The van der Waals surface area contributed by atoms with Crippen molar-refractivity contribution in [3.05, 3.63) is 162 Å². The van der Waals surface area contributed by atoms with Crippen LogP contribution in [-0.4, -0.2) is 4.98 Å². The van der Waals surface area contributed by atoms with E-state index in [1.165, 1.54) is 60.7 Å². The van der Waals surface area contributed by atoms with Gasteiger partial charge < -0.3 is 4.74 Å². The van der Waals surface area contributed by atoms with E-state index in [0.29, 0.717) is 0 Å². The Morgan fingerprint density at radius 2 is 1.20 bits per heavy atom. The summed E-state index contributed by atoms with van der Waals surface area (Å²) in [5.74, 6) is 1.81. The van der Waals surface area contributed by atoms with Crippen LogP contribution in [-0.2, 0) is 5.41 Å². The largest absolute Gasteiger partial charge is 0.457 e. The molecule has 2 nitrogen and oxygen atoms in total. The Kier molecular flexibility index (Phi) is 4.29. The summed E-state index contributed by atoms with van der Waals surface area (Å²) < 4.78 is 6.53. The van der Waals surface area contributed by atoms with Gasteiger partial charge in [0, 0.05) is 22.7 Å². The first kappa shape index (κ1) is 21.7. The number of benzene rings is 6. The van der Waals surface area contributed by atoms with Crippen molar-refractivity contribution in [1.82, 2.24) is 4.98 Å². The lowest BCUT2D eigenvalue weighted by atomic mass is 9.66. The molecule has 0 amide bonds. The molecule has 2 heteroatoms. The Hall–Kier alpha value is -5.21. The number of fused-ring (bicyclic) bond motifs is 12. The first-order valence-electron chi connectivity index (χ1n) is 13.7. The van der Waals surface area contributed by atoms with Crippen molar-refractivity contribution in [2.45, 2.75) is 5.41 Å². The highest BCUT2D eigenvalue weighted by Crippen LogP contribution is 2.63. The van der Waals surface area contributed by atoms with Gasteiger partial charge in [-0.25, -0.2) is 0 Å². The van der Waals surface area contributed by atoms with Gasteiger partial charge in [0.05, 0.1) is 10.9 Å². The molecule has 0 radical (unpaired) electrons. The molecule has 0 bridgehead atoms. The standard InChI is InChI=1S/C38H23NO/c1-2-9-25-22-26(16-15-24(25)8-1)27-17-18-28-33(23-27)38(32-19-20-34-29(37(28)32)10-7-21-39-34)30-11-3-5-13-35(30)40-36-14-6-4-12-31(36)38/h1-23H. The van der Waals surface area contributed by atoms with Crippen molar-refractivity contribution in [3.63, 3.8) is 0 Å². The molecular formula is C38H23NO. The normalized spacial score (nSPS) is 13.9. The van der Waals surface area contributed by atoms with E-state index in [2.05, 4.69) is 127 Å². The first-order chi connectivity index (χ1) is 19.8. The van der Waals surface area contributed by atoms with Crippen LogP contribution in [0.5, 0.6) is 11.5 Å². The molecule has 1 aliphatic heterocycles. The predicted octanol–water partition coefficient (Wildman–Crippen LogP) is 9.52. The van der Waals surface area contributed by atoms with Crippen LogP contribution >= 0.6 is 0 Å². The summed E-state index contributed by atoms with van der Waals surface area (Å²) in [6.45, 7) is 0. The van der Waals surface area contributed by atoms with E-state index in [1.807, 2.05) is 12.3 Å². The molecule has 0 N–H and O–H groups in total. The molecule has 0 saturated carbocycles. The van der Waals surface area contributed by atoms with Crippen LogP contribution in [0.1, 0.15) is 22.3 Å². The second kappa shape index (κ2) is 7.91. The Labute approximate surface area is 232 Å². The summed E-state index contributed by atoms with van der Waals surface area (Å²) in [6.07, 6.45) is 1.88. The highest BCUT2D eigenvalue weighted by atomic mass is 16.5. The SMILES string of the molecule is c1ccc2c(c1)Oc1ccccc1C21c2cc(-c3ccc4ccccc4c3)ccc2-c2c1ccc1ncccc21. The number of ether oxygens (including phenoxy) is 1. The van der Waals surface area contributed by atoms with Gasteiger partial charge in [0.25, 0.3) is 0 Å². The van der Waals surface area contributed by atoms with Crippen LogP contribution in [0.2, 0.25) is 0 Å². The highest BCUT2D eigenvalue weighted by Gasteiger charge is 2.51. The topological polar surface area (TPSA) is 22.1 Å². The Bertz CT molecular complexity index is 2110. The first-order valence-corrected chi connectivity index (χ1v) is 13.7. The molecule has 0 unspecified atom stereocenters. The molecule has 1 aliphatic carbocycles. The van der Waals surface area contributed by atoms with Crippen LogP contribution in [0, 0.1) is 0 Å². The summed E-state index contributed by atoms with van der Waals surface area (Å²) >= 11 is 0. The van der Waals surface area contributed by atoms with Crippen molar-refractivity contribution in [3.8, 4) is 33.8 Å². The Morgan fingerprint density at radius 3 is 2.02 bits per heavy atom. The average Bonchev–Trinajstić information content (AvgIpc) is 3.31.